The van der Waals surface area contributed by atoms with E-state index in [2.05, 4.69) is 81.1 Å². The summed E-state index contributed by atoms with van der Waals surface area (Å²) in [5.74, 6) is -1.78. The van der Waals surface area contributed by atoms with Gasteiger partial charge in [-0.25, -0.2) is 19.9 Å². The lowest BCUT2D eigenvalue weighted by molar-refractivity contribution is 0.101. The summed E-state index contributed by atoms with van der Waals surface area (Å²) in [5, 5.41) is 11.0. The molecule has 0 fully saturated rings. The molecular formula is C40H28N16O4. The fourth-order valence-electron chi connectivity index (χ4n) is 5.19. The van der Waals surface area contributed by atoms with E-state index in [-0.39, 0.29) is 22.8 Å². The second kappa shape index (κ2) is 19.1. The van der Waals surface area contributed by atoms with E-state index < -0.39 is 23.6 Å². The number of anilines is 4. The first-order chi connectivity index (χ1) is 29.4. The van der Waals surface area contributed by atoms with E-state index in [1.54, 1.807) is 73.3 Å². The van der Waals surface area contributed by atoms with E-state index in [9.17, 15) is 19.2 Å². The molecule has 0 radical (unpaired) electrons. The monoisotopic (exact) mass is 796 g/mol. The van der Waals surface area contributed by atoms with Crippen molar-refractivity contribution < 1.29 is 19.2 Å². The lowest BCUT2D eigenvalue weighted by Gasteiger charge is -2.13. The third kappa shape index (κ3) is 9.78. The van der Waals surface area contributed by atoms with Crippen LogP contribution in [0.2, 0.25) is 0 Å². The van der Waals surface area contributed by atoms with Crippen LogP contribution in [-0.2, 0) is 0 Å². The van der Waals surface area contributed by atoms with Crippen molar-refractivity contribution in [2.75, 3.05) is 21.3 Å². The Kier molecular flexibility index (Phi) is 12.4. The average Bonchev–Trinajstić information content (AvgIpc) is 3.31. The van der Waals surface area contributed by atoms with Crippen molar-refractivity contribution >= 4 is 46.4 Å². The molecule has 0 unspecified atom stereocenters. The zero-order valence-electron chi connectivity index (χ0n) is 30.9. The number of carbonyl (C=O) groups excluding carboxylic acids is 4. The Balaban J connectivity index is 0.000000181. The minimum atomic E-state index is -0.446. The van der Waals surface area contributed by atoms with Crippen LogP contribution in [0.5, 0.6) is 0 Å². The summed E-state index contributed by atoms with van der Waals surface area (Å²) in [5.41, 5.74) is 3.76. The molecule has 0 aliphatic heterocycles. The lowest BCUT2D eigenvalue weighted by Crippen LogP contribution is -2.16. The molecule has 8 heterocycles. The van der Waals surface area contributed by atoms with Crippen LogP contribution in [0.1, 0.15) is 42.0 Å². The van der Waals surface area contributed by atoms with E-state index in [0.29, 0.717) is 45.5 Å². The van der Waals surface area contributed by atoms with E-state index in [1.165, 1.54) is 74.4 Å². The Labute approximate surface area is 339 Å². The molecule has 0 spiro atoms. The zero-order valence-corrected chi connectivity index (χ0v) is 30.9. The van der Waals surface area contributed by atoms with E-state index in [0.717, 1.165) is 0 Å². The largest absolute Gasteiger partial charge is 0.319 e. The van der Waals surface area contributed by atoms with Crippen molar-refractivity contribution in [2.45, 2.75) is 0 Å². The van der Waals surface area contributed by atoms with Gasteiger partial charge in [-0.2, -0.15) is 0 Å². The standard InChI is InChI=1S/2C20H14N8O2/c2*29-19(15-11-21-7-9-23-15)27-13-3-1-5-25-17(13)18-14(4-2-6-26-18)28-20(30)16-12-22-8-10-24-16/h2*1-12H,(H,27,29)(H,28,30). The van der Waals surface area contributed by atoms with E-state index in [1.807, 2.05) is 0 Å². The molecule has 4 amide bonds. The summed E-state index contributed by atoms with van der Waals surface area (Å²) in [6.07, 6.45) is 23.3. The first kappa shape index (κ1) is 39.1. The maximum absolute atomic E-state index is 12.5. The molecular weight excluding hydrogens is 769 g/mol. The molecule has 0 aliphatic rings. The summed E-state index contributed by atoms with van der Waals surface area (Å²) in [6, 6.07) is 13.4. The smallest absolute Gasteiger partial charge is 0.275 e. The van der Waals surface area contributed by atoms with Gasteiger partial charge in [-0.05, 0) is 48.5 Å². The summed E-state index contributed by atoms with van der Waals surface area (Å²) >= 11 is 0. The molecule has 20 heteroatoms. The number of aromatic nitrogens is 12. The van der Waals surface area contributed by atoms with Gasteiger partial charge in [0.2, 0.25) is 0 Å². The quantitative estimate of drug-likeness (QED) is 0.149. The number of nitrogens with one attached hydrogen (secondary N) is 4. The van der Waals surface area contributed by atoms with Crippen molar-refractivity contribution in [2.24, 2.45) is 0 Å². The SMILES string of the molecule is O=C(Nc1cccnc1-c1ncccc1NC(=O)c1cnccn1)c1cnccn1.O=C(Nc1cccnc1-c1ncccc1NC(=O)c1cnccn1)c1cnccn1. The molecule has 8 rings (SSSR count). The van der Waals surface area contributed by atoms with Gasteiger partial charge >= 0.3 is 0 Å². The number of pyridine rings is 4. The van der Waals surface area contributed by atoms with Gasteiger partial charge in [0.05, 0.1) is 47.5 Å². The highest BCUT2D eigenvalue weighted by atomic mass is 16.2. The van der Waals surface area contributed by atoms with Crippen LogP contribution >= 0.6 is 0 Å². The molecule has 60 heavy (non-hydrogen) atoms. The Morgan fingerprint density at radius 2 is 0.533 bits per heavy atom. The predicted octanol–water partition coefficient (Wildman–Crippen LogP) is 4.46. The van der Waals surface area contributed by atoms with Gasteiger partial charge in [-0.15, -0.1) is 0 Å². The van der Waals surface area contributed by atoms with Gasteiger partial charge in [0, 0.05) is 74.4 Å². The molecule has 20 nitrogen and oxygen atoms in total. The topological polar surface area (TPSA) is 271 Å². The minimum Gasteiger partial charge on any atom is -0.319 e. The number of hydrogen-bond donors (Lipinski definition) is 4. The van der Waals surface area contributed by atoms with Crippen molar-refractivity contribution in [1.29, 1.82) is 0 Å². The van der Waals surface area contributed by atoms with Gasteiger partial charge in [-0.1, -0.05) is 0 Å². The lowest BCUT2D eigenvalue weighted by atomic mass is 10.1. The van der Waals surface area contributed by atoms with Gasteiger partial charge < -0.3 is 21.3 Å². The molecule has 0 aromatic carbocycles. The van der Waals surface area contributed by atoms with Crippen molar-refractivity contribution in [1.82, 2.24) is 59.8 Å². The van der Waals surface area contributed by atoms with Gasteiger partial charge in [0.15, 0.2) is 0 Å². The highest BCUT2D eigenvalue weighted by molar-refractivity contribution is 6.08. The molecule has 0 aliphatic carbocycles. The first-order valence-electron chi connectivity index (χ1n) is 17.5. The predicted molar refractivity (Wildman–Crippen MR) is 215 cm³/mol. The number of hydrogen-bond acceptors (Lipinski definition) is 16. The molecule has 4 N–H and O–H groups in total. The molecule has 0 saturated carbocycles. The van der Waals surface area contributed by atoms with Gasteiger partial charge in [-0.3, -0.25) is 59.0 Å². The highest BCUT2D eigenvalue weighted by Crippen LogP contribution is 2.31. The van der Waals surface area contributed by atoms with E-state index >= 15 is 0 Å². The molecule has 292 valence electrons. The number of nitrogens with zero attached hydrogens (tertiary/aromatic N) is 12. The molecule has 8 aromatic rings. The van der Waals surface area contributed by atoms with Crippen molar-refractivity contribution in [3.8, 4) is 22.8 Å². The average molecular weight is 797 g/mol. The van der Waals surface area contributed by atoms with Crippen LogP contribution in [0.4, 0.5) is 22.7 Å². The van der Waals surface area contributed by atoms with Gasteiger partial charge in [0.25, 0.3) is 23.6 Å². The molecule has 0 atom stereocenters. The maximum atomic E-state index is 12.5. The van der Waals surface area contributed by atoms with Gasteiger partial charge in [0.1, 0.15) is 45.6 Å². The second-order valence-electron chi connectivity index (χ2n) is 11.8. The molecule has 0 saturated heterocycles. The van der Waals surface area contributed by atoms with Crippen molar-refractivity contribution in [3.05, 3.63) is 170 Å². The molecule has 8 aromatic heterocycles. The summed E-state index contributed by atoms with van der Waals surface area (Å²) < 4.78 is 0. The van der Waals surface area contributed by atoms with Crippen LogP contribution in [0.25, 0.3) is 22.8 Å². The Morgan fingerprint density at radius 3 is 0.733 bits per heavy atom. The van der Waals surface area contributed by atoms with Crippen molar-refractivity contribution in [3.63, 3.8) is 0 Å². The zero-order chi connectivity index (χ0) is 41.5. The normalized spacial score (nSPS) is 10.3. The summed E-state index contributed by atoms with van der Waals surface area (Å²) in [7, 11) is 0. The number of amides is 4. The Hall–Kier alpha value is -9.20. The summed E-state index contributed by atoms with van der Waals surface area (Å²) in [6.45, 7) is 0. The fraction of sp³-hybridized carbons (Fsp3) is 0. The first-order valence-corrected chi connectivity index (χ1v) is 17.5. The maximum Gasteiger partial charge on any atom is 0.275 e. The second-order valence-corrected chi connectivity index (χ2v) is 11.8. The van der Waals surface area contributed by atoms with Crippen LogP contribution in [-0.4, -0.2) is 83.4 Å². The van der Waals surface area contributed by atoms with Crippen LogP contribution < -0.4 is 21.3 Å². The Bertz CT molecular complexity index is 2370. The van der Waals surface area contributed by atoms with Crippen LogP contribution in [0.15, 0.2) is 148 Å². The fourth-order valence-corrected chi connectivity index (χ4v) is 5.19. The number of carbonyl (C=O) groups is 4. The third-order valence-corrected chi connectivity index (χ3v) is 7.86. The third-order valence-electron chi connectivity index (χ3n) is 7.86. The minimum absolute atomic E-state index is 0.157. The highest BCUT2D eigenvalue weighted by Gasteiger charge is 2.20. The number of rotatable bonds is 10. The van der Waals surface area contributed by atoms with Crippen LogP contribution in [0.3, 0.4) is 0 Å². The summed E-state index contributed by atoms with van der Waals surface area (Å²) in [4.78, 5) is 98.9. The molecule has 0 bridgehead atoms. The Morgan fingerprint density at radius 1 is 0.300 bits per heavy atom. The van der Waals surface area contributed by atoms with E-state index in [4.69, 9.17) is 0 Å². The van der Waals surface area contributed by atoms with Crippen LogP contribution in [0, 0.1) is 0 Å².